The summed E-state index contributed by atoms with van der Waals surface area (Å²) in [7, 11) is 0. The molecule has 1 aromatic heterocycles. The third kappa shape index (κ3) is 4.81. The number of hydrogen-bond donors (Lipinski definition) is 0. The van der Waals surface area contributed by atoms with E-state index in [9.17, 15) is 14.9 Å². The van der Waals surface area contributed by atoms with Crippen LogP contribution < -0.4 is 0 Å². The monoisotopic (exact) mass is 389 g/mol. The number of carbonyl (C=O) groups excluding carboxylic acids is 2. The average Bonchev–Trinajstić information content (AvgIpc) is 3.44. The van der Waals surface area contributed by atoms with E-state index in [0.29, 0.717) is 10.9 Å². The number of amides is 1. The highest BCUT2D eigenvalue weighted by Gasteiger charge is 2.31. The lowest BCUT2D eigenvalue weighted by molar-refractivity contribution is -0.143. The highest BCUT2D eigenvalue weighted by atomic mass is 32.2. The molecule has 0 aliphatic heterocycles. The first-order valence-corrected chi connectivity index (χ1v) is 10.5. The second kappa shape index (κ2) is 8.75. The van der Waals surface area contributed by atoms with Gasteiger partial charge >= 0.3 is 5.97 Å². The third-order valence-corrected chi connectivity index (χ3v) is 5.21. The standard InChI is InChI=1S/C20H27N3O3S/c1-11(2)23(12(3)4)19(24)13(5)26-20(25)15-9-17(14-7-8-14)22-18(27-6)16(15)10-21/h9,11-14H,7-8H2,1-6H3. The third-order valence-electron chi connectivity index (χ3n) is 4.53. The van der Waals surface area contributed by atoms with Crippen molar-refractivity contribution in [3.63, 3.8) is 0 Å². The van der Waals surface area contributed by atoms with Crippen LogP contribution >= 0.6 is 11.8 Å². The van der Waals surface area contributed by atoms with Gasteiger partial charge in [0.1, 0.15) is 11.1 Å². The molecular formula is C20H27N3O3S. The molecule has 1 fully saturated rings. The summed E-state index contributed by atoms with van der Waals surface area (Å²) in [4.78, 5) is 31.7. The number of nitrogens with zero attached hydrogens (tertiary/aromatic N) is 3. The zero-order valence-corrected chi connectivity index (χ0v) is 17.6. The molecule has 1 aliphatic rings. The van der Waals surface area contributed by atoms with Gasteiger partial charge < -0.3 is 9.64 Å². The zero-order valence-electron chi connectivity index (χ0n) is 16.8. The fourth-order valence-corrected chi connectivity index (χ4v) is 3.69. The maximum absolute atomic E-state index is 12.8. The minimum Gasteiger partial charge on any atom is -0.449 e. The normalized spacial score (nSPS) is 14.8. The van der Waals surface area contributed by atoms with E-state index in [0.717, 1.165) is 18.5 Å². The molecule has 1 heterocycles. The van der Waals surface area contributed by atoms with Crippen molar-refractivity contribution < 1.29 is 14.3 Å². The van der Waals surface area contributed by atoms with E-state index in [-0.39, 0.29) is 29.1 Å². The number of aromatic nitrogens is 1. The molecule has 7 heteroatoms. The van der Waals surface area contributed by atoms with E-state index in [1.54, 1.807) is 17.9 Å². The van der Waals surface area contributed by atoms with Crippen molar-refractivity contribution in [1.82, 2.24) is 9.88 Å². The lowest BCUT2D eigenvalue weighted by atomic mass is 10.1. The number of esters is 1. The highest BCUT2D eigenvalue weighted by Crippen LogP contribution is 2.40. The van der Waals surface area contributed by atoms with Crippen molar-refractivity contribution in [3.8, 4) is 6.07 Å². The number of pyridine rings is 1. The molecule has 0 N–H and O–H groups in total. The summed E-state index contributed by atoms with van der Waals surface area (Å²) in [5.74, 6) is -0.556. The van der Waals surface area contributed by atoms with E-state index in [4.69, 9.17) is 4.74 Å². The van der Waals surface area contributed by atoms with Crippen molar-refractivity contribution in [2.45, 2.75) is 76.6 Å². The molecule has 0 bridgehead atoms. The Kier molecular flexibility index (Phi) is 6.88. The van der Waals surface area contributed by atoms with E-state index < -0.39 is 12.1 Å². The molecule has 6 nitrogen and oxygen atoms in total. The van der Waals surface area contributed by atoms with Crippen LogP contribution in [-0.2, 0) is 9.53 Å². The molecule has 1 atom stereocenters. The number of thioether (sulfide) groups is 1. The zero-order chi connectivity index (χ0) is 20.3. The number of ether oxygens (including phenoxy) is 1. The predicted molar refractivity (Wildman–Crippen MR) is 105 cm³/mol. The first-order valence-electron chi connectivity index (χ1n) is 9.23. The van der Waals surface area contributed by atoms with Crippen LogP contribution in [0.5, 0.6) is 0 Å². The first kappa shape index (κ1) is 21.2. The van der Waals surface area contributed by atoms with Gasteiger partial charge in [-0.15, -0.1) is 11.8 Å². The van der Waals surface area contributed by atoms with Crippen LogP contribution in [0.1, 0.15) is 75.0 Å². The van der Waals surface area contributed by atoms with Crippen LogP contribution in [0.4, 0.5) is 0 Å². The maximum atomic E-state index is 12.8. The first-order chi connectivity index (χ1) is 12.7. The van der Waals surface area contributed by atoms with Gasteiger partial charge in [-0.2, -0.15) is 5.26 Å². The molecule has 146 valence electrons. The number of rotatable bonds is 7. The van der Waals surface area contributed by atoms with Crippen LogP contribution in [0.25, 0.3) is 0 Å². The Bertz CT molecular complexity index is 758. The highest BCUT2D eigenvalue weighted by molar-refractivity contribution is 7.98. The Hall–Kier alpha value is -2.07. The Balaban J connectivity index is 2.28. The molecule has 1 aromatic rings. The summed E-state index contributed by atoms with van der Waals surface area (Å²) >= 11 is 1.33. The Morgan fingerprint density at radius 1 is 1.26 bits per heavy atom. The predicted octanol–water partition coefficient (Wildman–Crippen LogP) is 3.74. The van der Waals surface area contributed by atoms with Gasteiger partial charge in [0.05, 0.1) is 11.1 Å². The summed E-state index contributed by atoms with van der Waals surface area (Å²) in [5, 5.41) is 10.0. The van der Waals surface area contributed by atoms with Gasteiger partial charge in [-0.1, -0.05) is 0 Å². The van der Waals surface area contributed by atoms with Gasteiger partial charge in [0, 0.05) is 23.7 Å². The van der Waals surface area contributed by atoms with Crippen molar-refractivity contribution in [1.29, 1.82) is 5.26 Å². The van der Waals surface area contributed by atoms with Crippen molar-refractivity contribution >= 4 is 23.6 Å². The molecule has 1 saturated carbocycles. The van der Waals surface area contributed by atoms with Crippen LogP contribution in [-0.4, -0.2) is 46.2 Å². The van der Waals surface area contributed by atoms with Crippen molar-refractivity contribution in [3.05, 3.63) is 22.9 Å². The summed E-state index contributed by atoms with van der Waals surface area (Å²) < 4.78 is 5.46. The molecular weight excluding hydrogens is 362 g/mol. The van der Waals surface area contributed by atoms with Gasteiger partial charge in [0.15, 0.2) is 6.10 Å². The molecule has 1 aliphatic carbocycles. The van der Waals surface area contributed by atoms with E-state index >= 15 is 0 Å². The lowest BCUT2D eigenvalue weighted by Crippen LogP contribution is -2.47. The number of carbonyl (C=O) groups is 2. The minimum atomic E-state index is -0.927. The molecule has 1 unspecified atom stereocenters. The Morgan fingerprint density at radius 2 is 1.85 bits per heavy atom. The summed E-state index contributed by atoms with van der Waals surface area (Å²) in [6.07, 6.45) is 2.97. The average molecular weight is 390 g/mol. The fraction of sp³-hybridized carbons (Fsp3) is 0.600. The minimum absolute atomic E-state index is 0.00110. The van der Waals surface area contributed by atoms with Crippen LogP contribution in [0.2, 0.25) is 0 Å². The Morgan fingerprint density at radius 3 is 2.30 bits per heavy atom. The summed E-state index contributed by atoms with van der Waals surface area (Å²) in [6, 6.07) is 3.71. The molecule has 0 spiro atoms. The Labute approximate surface area is 165 Å². The smallest absolute Gasteiger partial charge is 0.340 e. The summed E-state index contributed by atoms with van der Waals surface area (Å²) in [6.45, 7) is 9.28. The second-order valence-electron chi connectivity index (χ2n) is 7.35. The van der Waals surface area contributed by atoms with E-state index in [1.165, 1.54) is 11.8 Å². The SMILES string of the molecule is CSc1nc(C2CC2)cc(C(=O)OC(C)C(=O)N(C(C)C)C(C)C)c1C#N. The van der Waals surface area contributed by atoms with Crippen molar-refractivity contribution in [2.75, 3.05) is 6.26 Å². The molecule has 2 rings (SSSR count). The maximum Gasteiger partial charge on any atom is 0.340 e. The topological polar surface area (TPSA) is 83.3 Å². The largest absolute Gasteiger partial charge is 0.449 e. The van der Waals surface area contributed by atoms with Crippen molar-refractivity contribution in [2.24, 2.45) is 0 Å². The molecule has 0 radical (unpaired) electrons. The van der Waals surface area contributed by atoms with Crippen LogP contribution in [0, 0.1) is 11.3 Å². The van der Waals surface area contributed by atoms with Gasteiger partial charge in [-0.05, 0) is 59.8 Å². The van der Waals surface area contributed by atoms with Gasteiger partial charge in [-0.3, -0.25) is 4.79 Å². The van der Waals surface area contributed by atoms with Crippen LogP contribution in [0.15, 0.2) is 11.1 Å². The number of hydrogen-bond acceptors (Lipinski definition) is 6. The van der Waals surface area contributed by atoms with Gasteiger partial charge in [-0.25, -0.2) is 9.78 Å². The van der Waals surface area contributed by atoms with Gasteiger partial charge in [0.2, 0.25) is 0 Å². The molecule has 27 heavy (non-hydrogen) atoms. The van der Waals surface area contributed by atoms with E-state index in [2.05, 4.69) is 11.1 Å². The second-order valence-corrected chi connectivity index (χ2v) is 8.14. The number of nitriles is 1. The quantitative estimate of drug-likeness (QED) is 0.522. The van der Waals surface area contributed by atoms with Crippen LogP contribution in [0.3, 0.4) is 0 Å². The lowest BCUT2D eigenvalue weighted by Gasteiger charge is -2.32. The van der Waals surface area contributed by atoms with Gasteiger partial charge in [0.25, 0.3) is 5.91 Å². The van der Waals surface area contributed by atoms with E-state index in [1.807, 2.05) is 34.0 Å². The summed E-state index contributed by atoms with van der Waals surface area (Å²) in [5.41, 5.74) is 1.22. The molecule has 1 amide bonds. The molecule has 0 aromatic carbocycles. The fourth-order valence-electron chi connectivity index (χ4n) is 3.14. The molecule has 0 saturated heterocycles.